The minimum absolute atomic E-state index is 0.105. The van der Waals surface area contributed by atoms with E-state index in [1.54, 1.807) is 56.9 Å². The number of fused-ring (bicyclic) bond motifs is 6. The zero-order chi connectivity index (χ0) is 37.1. The summed E-state index contributed by atoms with van der Waals surface area (Å²) in [6.07, 6.45) is 4.67. The Kier molecular flexibility index (Phi) is 8.84. The highest BCUT2D eigenvalue weighted by Crippen LogP contribution is 2.58. The van der Waals surface area contributed by atoms with Crippen LogP contribution in [0.5, 0.6) is 57.5 Å². The summed E-state index contributed by atoms with van der Waals surface area (Å²) < 4.78 is 54.4. The highest BCUT2D eigenvalue weighted by Gasteiger charge is 2.40. The lowest BCUT2D eigenvalue weighted by Gasteiger charge is -2.41. The van der Waals surface area contributed by atoms with Crippen LogP contribution in [0.4, 0.5) is 0 Å². The maximum atomic E-state index is 7.01. The van der Waals surface area contributed by atoms with Gasteiger partial charge in [0.1, 0.15) is 0 Å². The third-order valence-corrected chi connectivity index (χ3v) is 11.3. The number of rotatable bonds is 10. The first-order valence-electron chi connectivity index (χ1n) is 17.8. The molecule has 4 aliphatic rings. The van der Waals surface area contributed by atoms with Gasteiger partial charge in [0.05, 0.1) is 56.9 Å². The fraction of sp³-hybridized carbons (Fsp3) is 0.381. The van der Waals surface area contributed by atoms with Crippen LogP contribution in [0.15, 0.2) is 30.3 Å². The maximum absolute atomic E-state index is 7.01. The summed E-state index contributed by atoms with van der Waals surface area (Å²) in [4.78, 5) is 4.78. The van der Waals surface area contributed by atoms with Crippen molar-refractivity contribution in [2.45, 2.75) is 31.8 Å². The van der Waals surface area contributed by atoms with Gasteiger partial charge in [-0.05, 0) is 90.5 Å². The second-order valence-corrected chi connectivity index (χ2v) is 13.7. The molecule has 0 aromatic heterocycles. The Hall–Kier alpha value is -5.42. The van der Waals surface area contributed by atoms with E-state index in [4.69, 9.17) is 42.6 Å². The minimum atomic E-state index is 0.105. The smallest absolute Gasteiger partial charge is 0.204 e. The van der Waals surface area contributed by atoms with Crippen LogP contribution in [0, 0.1) is 0 Å². The lowest BCUT2D eigenvalue weighted by Crippen LogP contribution is -2.36. The van der Waals surface area contributed by atoms with E-state index in [1.165, 1.54) is 11.1 Å². The molecule has 11 heteroatoms. The molecule has 8 rings (SSSR count). The maximum Gasteiger partial charge on any atom is 0.204 e. The van der Waals surface area contributed by atoms with Crippen molar-refractivity contribution in [3.8, 4) is 68.6 Å². The molecule has 0 saturated heterocycles. The van der Waals surface area contributed by atoms with Gasteiger partial charge in [-0.2, -0.15) is 0 Å². The first kappa shape index (κ1) is 34.7. The Morgan fingerprint density at radius 1 is 0.547 bits per heavy atom. The molecule has 0 N–H and O–H groups in total. The van der Waals surface area contributed by atoms with Crippen molar-refractivity contribution in [2.24, 2.45) is 0 Å². The van der Waals surface area contributed by atoms with Crippen LogP contribution < -0.4 is 42.6 Å². The van der Waals surface area contributed by atoms with Gasteiger partial charge in [-0.3, -0.25) is 4.90 Å². The summed E-state index contributed by atoms with van der Waals surface area (Å²) in [6, 6.07) is 10.4. The molecular weight excluding hydrogens is 676 g/mol. The first-order chi connectivity index (χ1) is 25.8. The topological polar surface area (TPSA) is 89.6 Å². The van der Waals surface area contributed by atoms with E-state index in [0.29, 0.717) is 52.5 Å². The summed E-state index contributed by atoms with van der Waals surface area (Å²) in [7, 11) is 15.5. The number of methoxy groups -OCH3 is 8. The van der Waals surface area contributed by atoms with Crippen LogP contribution >= 0.6 is 0 Å². The minimum Gasteiger partial charge on any atom is -0.493 e. The molecule has 3 aliphatic heterocycles. The molecule has 4 aromatic rings. The van der Waals surface area contributed by atoms with Crippen molar-refractivity contribution in [3.63, 3.8) is 0 Å². The van der Waals surface area contributed by atoms with Crippen LogP contribution in [-0.4, -0.2) is 86.8 Å². The fourth-order valence-corrected chi connectivity index (χ4v) is 8.72. The molecule has 0 saturated carbocycles. The number of benzene rings is 4. The van der Waals surface area contributed by atoms with Crippen LogP contribution in [0.25, 0.3) is 22.9 Å². The Labute approximate surface area is 310 Å². The molecule has 1 atom stereocenters. The predicted molar refractivity (Wildman–Crippen MR) is 202 cm³/mol. The molecule has 0 unspecified atom stereocenters. The van der Waals surface area contributed by atoms with Crippen molar-refractivity contribution in [1.29, 1.82) is 0 Å². The van der Waals surface area contributed by atoms with Gasteiger partial charge in [0, 0.05) is 53.6 Å². The SMILES string of the molecule is COc1cc2c(cc1OC)C1=Cc3c(cc(OC)c(OC)c3Oc3cc4c(cc3OC)-c3c(OC)c(OC)c(OC)c5c3[C@H](C4)N(C)CC5)CN1CC2. The monoisotopic (exact) mass is 722 g/mol. The van der Waals surface area contributed by atoms with Crippen molar-refractivity contribution < 1.29 is 42.6 Å². The van der Waals surface area contributed by atoms with Crippen molar-refractivity contribution in [1.82, 2.24) is 9.80 Å². The van der Waals surface area contributed by atoms with Crippen LogP contribution in [0.3, 0.4) is 0 Å². The van der Waals surface area contributed by atoms with Gasteiger partial charge in [0.25, 0.3) is 0 Å². The zero-order valence-corrected chi connectivity index (χ0v) is 31.9. The summed E-state index contributed by atoms with van der Waals surface area (Å²) in [6.45, 7) is 2.42. The number of hydrogen-bond donors (Lipinski definition) is 0. The van der Waals surface area contributed by atoms with E-state index in [0.717, 1.165) is 88.5 Å². The number of likely N-dealkylation sites (N-methyl/N-ethyl adjacent to an activating group) is 1. The Morgan fingerprint density at radius 3 is 1.85 bits per heavy atom. The molecule has 0 spiro atoms. The standard InChI is InChI=1S/C42H46N2O9/c1-43-12-11-25-36-30(43)14-23-16-34(33(47-4)20-27(23)37(36)41(51-8)42(52-9)38(25)49-6)53-39-28-18-29-26-19-32(46-3)31(45-2)15-22(26)10-13-44(29)21-24(28)17-35(48-5)40(39)50-7/h15-20,30H,10-14,21H2,1-9H3/t30-/m0/s1. The largest absolute Gasteiger partial charge is 0.493 e. The lowest BCUT2D eigenvalue weighted by molar-refractivity contribution is 0.222. The zero-order valence-electron chi connectivity index (χ0n) is 31.9. The number of nitrogens with zero attached hydrogens (tertiary/aromatic N) is 2. The van der Waals surface area contributed by atoms with E-state index >= 15 is 0 Å². The molecule has 0 bridgehead atoms. The number of hydrogen-bond acceptors (Lipinski definition) is 11. The lowest BCUT2D eigenvalue weighted by atomic mass is 9.76. The quantitative estimate of drug-likeness (QED) is 0.167. The predicted octanol–water partition coefficient (Wildman–Crippen LogP) is 7.17. The van der Waals surface area contributed by atoms with Gasteiger partial charge >= 0.3 is 0 Å². The van der Waals surface area contributed by atoms with E-state index in [-0.39, 0.29) is 6.04 Å². The fourth-order valence-electron chi connectivity index (χ4n) is 8.72. The van der Waals surface area contributed by atoms with E-state index in [2.05, 4.69) is 47.2 Å². The summed E-state index contributed by atoms with van der Waals surface area (Å²) in [5.41, 5.74) is 10.8. The average molecular weight is 723 g/mol. The molecule has 0 radical (unpaired) electrons. The second kappa shape index (κ2) is 13.5. The van der Waals surface area contributed by atoms with Gasteiger partial charge in [-0.15, -0.1) is 0 Å². The molecule has 1 aliphatic carbocycles. The molecule has 53 heavy (non-hydrogen) atoms. The second-order valence-electron chi connectivity index (χ2n) is 13.7. The Balaban J connectivity index is 1.31. The highest BCUT2D eigenvalue weighted by molar-refractivity contribution is 5.90. The summed E-state index contributed by atoms with van der Waals surface area (Å²) in [5.74, 6) is 6.16. The third kappa shape index (κ3) is 5.27. The van der Waals surface area contributed by atoms with Crippen molar-refractivity contribution in [3.05, 3.63) is 69.3 Å². The molecule has 4 aromatic carbocycles. The first-order valence-corrected chi connectivity index (χ1v) is 17.8. The number of ether oxygens (including phenoxy) is 9. The molecule has 278 valence electrons. The average Bonchev–Trinajstić information content (AvgIpc) is 3.19. The van der Waals surface area contributed by atoms with Crippen LogP contribution in [0.2, 0.25) is 0 Å². The van der Waals surface area contributed by atoms with E-state index in [1.807, 2.05) is 6.07 Å². The molecule has 3 heterocycles. The third-order valence-electron chi connectivity index (χ3n) is 11.3. The van der Waals surface area contributed by atoms with Gasteiger partial charge in [0.2, 0.25) is 11.5 Å². The molecular formula is C42H46N2O9. The van der Waals surface area contributed by atoms with Gasteiger partial charge < -0.3 is 47.5 Å². The van der Waals surface area contributed by atoms with Crippen LogP contribution in [0.1, 0.15) is 45.0 Å². The van der Waals surface area contributed by atoms with Gasteiger partial charge in [-0.1, -0.05) is 0 Å². The highest BCUT2D eigenvalue weighted by atomic mass is 16.6. The summed E-state index contributed by atoms with van der Waals surface area (Å²) >= 11 is 0. The Bertz CT molecular complexity index is 2160. The summed E-state index contributed by atoms with van der Waals surface area (Å²) in [5, 5.41) is 0. The molecule has 11 nitrogen and oxygen atoms in total. The van der Waals surface area contributed by atoms with Gasteiger partial charge in [0.15, 0.2) is 46.0 Å². The Morgan fingerprint density at radius 2 is 1.17 bits per heavy atom. The van der Waals surface area contributed by atoms with Crippen molar-refractivity contribution >= 4 is 11.8 Å². The van der Waals surface area contributed by atoms with Crippen molar-refractivity contribution in [2.75, 3.05) is 77.0 Å². The van der Waals surface area contributed by atoms with Crippen LogP contribution in [-0.2, 0) is 25.8 Å². The normalized spacial score (nSPS) is 16.5. The molecule has 0 amide bonds. The van der Waals surface area contributed by atoms with Gasteiger partial charge in [-0.25, -0.2) is 0 Å². The van der Waals surface area contributed by atoms with E-state index in [9.17, 15) is 0 Å². The van der Waals surface area contributed by atoms with E-state index < -0.39 is 0 Å². The molecule has 0 fully saturated rings.